The molecule has 2 nitrogen and oxygen atoms in total. The highest BCUT2D eigenvalue weighted by molar-refractivity contribution is 5.98. The van der Waals surface area contributed by atoms with Gasteiger partial charge in [0, 0.05) is 11.1 Å². The van der Waals surface area contributed by atoms with Gasteiger partial charge in [-0.2, -0.15) is 0 Å². The van der Waals surface area contributed by atoms with E-state index in [-0.39, 0.29) is 11.6 Å². The van der Waals surface area contributed by atoms with Gasteiger partial charge in [-0.3, -0.25) is 9.59 Å². The minimum Gasteiger partial charge on any atom is -0.295 e. The van der Waals surface area contributed by atoms with E-state index < -0.39 is 0 Å². The van der Waals surface area contributed by atoms with Gasteiger partial charge in [-0.1, -0.05) is 25.3 Å². The lowest BCUT2D eigenvalue weighted by molar-refractivity contribution is -0.114. The van der Waals surface area contributed by atoms with Crippen LogP contribution in [-0.2, 0) is 9.59 Å². The second-order valence-corrected chi connectivity index (χ2v) is 2.50. The molecular formula is C10H12O2. The van der Waals surface area contributed by atoms with Crippen LogP contribution < -0.4 is 0 Å². The van der Waals surface area contributed by atoms with Gasteiger partial charge in [0.05, 0.1) is 0 Å². The Hall–Kier alpha value is -1.44. The fourth-order valence-corrected chi connectivity index (χ4v) is 0.436. The van der Waals surface area contributed by atoms with Crippen LogP contribution in [0.4, 0.5) is 0 Å². The van der Waals surface area contributed by atoms with E-state index in [0.717, 1.165) is 0 Å². The van der Waals surface area contributed by atoms with Crippen LogP contribution in [0.15, 0.2) is 36.5 Å². The molecule has 64 valence electrons. The number of allylic oxidation sites excluding steroid dienone is 4. The Morgan fingerprint density at radius 3 is 1.33 bits per heavy atom. The average molecular weight is 164 g/mol. The first-order valence-corrected chi connectivity index (χ1v) is 3.53. The van der Waals surface area contributed by atoms with E-state index in [9.17, 15) is 9.59 Å². The third-order valence-corrected chi connectivity index (χ3v) is 1.39. The van der Waals surface area contributed by atoms with Crippen LogP contribution in [-0.4, -0.2) is 11.6 Å². The Morgan fingerprint density at radius 2 is 1.17 bits per heavy atom. The molecule has 0 radical (unpaired) electrons. The van der Waals surface area contributed by atoms with Crippen molar-refractivity contribution in [2.75, 3.05) is 0 Å². The molecule has 0 rings (SSSR count). The van der Waals surface area contributed by atoms with Crippen LogP contribution in [0.5, 0.6) is 0 Å². The monoisotopic (exact) mass is 164 g/mol. The molecule has 0 N–H and O–H groups in total. The molecule has 0 aliphatic rings. The van der Waals surface area contributed by atoms with Gasteiger partial charge >= 0.3 is 0 Å². The summed E-state index contributed by atoms with van der Waals surface area (Å²) in [6, 6.07) is 0. The molecule has 0 heterocycles. The predicted octanol–water partition coefficient (Wildman–Crippen LogP) is 1.83. The van der Waals surface area contributed by atoms with E-state index in [4.69, 9.17) is 0 Å². The maximum Gasteiger partial charge on any atom is 0.159 e. The van der Waals surface area contributed by atoms with E-state index in [1.165, 1.54) is 26.0 Å². The number of rotatable bonds is 4. The fourth-order valence-electron chi connectivity index (χ4n) is 0.436. The zero-order valence-corrected chi connectivity index (χ0v) is 7.39. The first-order valence-electron chi connectivity index (χ1n) is 3.53. The summed E-state index contributed by atoms with van der Waals surface area (Å²) in [4.78, 5) is 21.3. The fraction of sp³-hybridized carbons (Fsp3) is 0.200. The van der Waals surface area contributed by atoms with Gasteiger partial charge in [-0.15, -0.1) is 0 Å². The van der Waals surface area contributed by atoms with E-state index in [1.54, 1.807) is 0 Å². The zero-order chi connectivity index (χ0) is 9.72. The molecule has 0 saturated heterocycles. The number of hydrogen-bond donors (Lipinski definition) is 0. The molecule has 0 aliphatic heterocycles. The highest BCUT2D eigenvalue weighted by atomic mass is 16.1. The van der Waals surface area contributed by atoms with Gasteiger partial charge in [0.15, 0.2) is 11.6 Å². The van der Waals surface area contributed by atoms with E-state index >= 15 is 0 Å². The van der Waals surface area contributed by atoms with Gasteiger partial charge in [-0.05, 0) is 13.8 Å². The van der Waals surface area contributed by atoms with Crippen molar-refractivity contribution in [1.82, 2.24) is 0 Å². The van der Waals surface area contributed by atoms with Crippen LogP contribution in [0.2, 0.25) is 0 Å². The van der Waals surface area contributed by atoms with E-state index in [0.29, 0.717) is 11.1 Å². The quantitative estimate of drug-likeness (QED) is 0.469. The number of carbonyl (C=O) groups excluding carboxylic acids is 2. The number of ketones is 2. The lowest BCUT2D eigenvalue weighted by Gasteiger charge is -1.92. The van der Waals surface area contributed by atoms with Crippen LogP contribution in [0.25, 0.3) is 0 Å². The van der Waals surface area contributed by atoms with E-state index in [2.05, 4.69) is 13.2 Å². The van der Waals surface area contributed by atoms with Gasteiger partial charge in [0.2, 0.25) is 0 Å². The maximum absolute atomic E-state index is 10.7. The molecule has 0 unspecified atom stereocenters. The average Bonchev–Trinajstić information content (AvgIpc) is 1.98. The summed E-state index contributed by atoms with van der Waals surface area (Å²) in [5, 5.41) is 0. The molecule has 0 bridgehead atoms. The van der Waals surface area contributed by atoms with Crippen molar-refractivity contribution in [3.8, 4) is 0 Å². The SMILES string of the molecule is C=C(/C=C\C(=C)C(C)=O)C(C)=O. The van der Waals surface area contributed by atoms with Crippen molar-refractivity contribution in [2.45, 2.75) is 13.8 Å². The molecule has 0 amide bonds. The molecule has 0 aromatic carbocycles. The highest BCUT2D eigenvalue weighted by Crippen LogP contribution is 1.99. The highest BCUT2D eigenvalue weighted by Gasteiger charge is 1.97. The second-order valence-electron chi connectivity index (χ2n) is 2.50. The Bertz CT molecular complexity index is 242. The second kappa shape index (κ2) is 4.44. The predicted molar refractivity (Wildman–Crippen MR) is 48.8 cm³/mol. The minimum absolute atomic E-state index is 0.109. The number of carbonyl (C=O) groups is 2. The normalized spacial score (nSPS) is 9.83. The third kappa shape index (κ3) is 3.66. The van der Waals surface area contributed by atoms with Crippen molar-refractivity contribution in [3.05, 3.63) is 36.5 Å². The zero-order valence-electron chi connectivity index (χ0n) is 7.39. The Labute approximate surface area is 72.3 Å². The largest absolute Gasteiger partial charge is 0.295 e. The summed E-state index contributed by atoms with van der Waals surface area (Å²) >= 11 is 0. The van der Waals surface area contributed by atoms with Gasteiger partial charge < -0.3 is 0 Å². The topological polar surface area (TPSA) is 34.1 Å². The third-order valence-electron chi connectivity index (χ3n) is 1.39. The molecule has 12 heavy (non-hydrogen) atoms. The van der Waals surface area contributed by atoms with Crippen LogP contribution in [0.1, 0.15) is 13.8 Å². The lowest BCUT2D eigenvalue weighted by Crippen LogP contribution is -1.93. The van der Waals surface area contributed by atoms with Gasteiger partial charge in [0.1, 0.15) is 0 Å². The summed E-state index contributed by atoms with van der Waals surface area (Å²) in [7, 11) is 0. The first-order chi connectivity index (χ1) is 5.45. The first kappa shape index (κ1) is 10.6. The molecular weight excluding hydrogens is 152 g/mol. The summed E-state index contributed by atoms with van der Waals surface area (Å²) < 4.78 is 0. The van der Waals surface area contributed by atoms with Crippen LogP contribution >= 0.6 is 0 Å². The molecule has 0 spiro atoms. The summed E-state index contributed by atoms with van der Waals surface area (Å²) in [5.74, 6) is -0.217. The Kier molecular flexibility index (Phi) is 3.91. The van der Waals surface area contributed by atoms with Crippen molar-refractivity contribution < 1.29 is 9.59 Å². The van der Waals surface area contributed by atoms with Crippen molar-refractivity contribution in [2.24, 2.45) is 0 Å². The standard InChI is InChI=1S/C10H12O2/c1-7(9(3)11)5-6-8(2)10(4)12/h5-6H,1-2H2,3-4H3/b6-5-. The van der Waals surface area contributed by atoms with Crippen LogP contribution in [0, 0.1) is 0 Å². The molecule has 0 aliphatic carbocycles. The maximum atomic E-state index is 10.7. The summed E-state index contributed by atoms with van der Waals surface area (Å²) in [6.07, 6.45) is 2.98. The Balaban J connectivity index is 4.26. The van der Waals surface area contributed by atoms with Crippen molar-refractivity contribution in [3.63, 3.8) is 0 Å². The molecule has 2 heteroatoms. The van der Waals surface area contributed by atoms with Gasteiger partial charge in [-0.25, -0.2) is 0 Å². The lowest BCUT2D eigenvalue weighted by atomic mass is 10.1. The minimum atomic E-state index is -0.109. The molecule has 0 aromatic rings. The van der Waals surface area contributed by atoms with Crippen molar-refractivity contribution >= 4 is 11.6 Å². The molecule has 0 saturated carbocycles. The van der Waals surface area contributed by atoms with Crippen LogP contribution in [0.3, 0.4) is 0 Å². The summed E-state index contributed by atoms with van der Waals surface area (Å²) in [6.45, 7) is 9.83. The molecule has 0 aromatic heterocycles. The van der Waals surface area contributed by atoms with Gasteiger partial charge in [0.25, 0.3) is 0 Å². The summed E-state index contributed by atoms with van der Waals surface area (Å²) in [5.41, 5.74) is 0.745. The molecule has 0 fully saturated rings. The smallest absolute Gasteiger partial charge is 0.159 e. The molecule has 0 atom stereocenters. The Morgan fingerprint density at radius 1 is 0.917 bits per heavy atom. The van der Waals surface area contributed by atoms with E-state index in [1.807, 2.05) is 0 Å². The van der Waals surface area contributed by atoms with Crippen molar-refractivity contribution in [1.29, 1.82) is 0 Å². The number of Topliss-reactive ketones (excluding diaryl/α,β-unsaturated/α-hetero) is 2. The number of hydrogen-bond acceptors (Lipinski definition) is 2.